The second-order valence-corrected chi connectivity index (χ2v) is 6.21. The van der Waals surface area contributed by atoms with Gasteiger partial charge in [0.05, 0.1) is 5.52 Å². The van der Waals surface area contributed by atoms with E-state index in [1.54, 1.807) is 0 Å². The molecule has 1 aliphatic rings. The van der Waals surface area contributed by atoms with Crippen molar-refractivity contribution in [3.05, 3.63) is 71.4 Å². The van der Waals surface area contributed by atoms with Crippen molar-refractivity contribution in [2.45, 2.75) is 20.0 Å². The number of benzene rings is 2. The lowest BCUT2D eigenvalue weighted by Gasteiger charge is -2.24. The summed E-state index contributed by atoms with van der Waals surface area (Å²) in [6, 6.07) is 19.6. The molecule has 1 N–H and O–H groups in total. The number of rotatable bonds is 2. The molecule has 3 aromatic rings. The molecule has 0 unspecified atom stereocenters. The Kier molecular flexibility index (Phi) is 3.72. The minimum Gasteiger partial charge on any atom is -0.366 e. The standard InChI is InChI=1S/C20H21N3/c1-15-6-8-17-12-16(7-9-19(17)22-15)14-23-11-10-21-13-18-4-2-3-5-20(18)23/h2-9,12,21H,10-11,13-14H2,1H3. The maximum atomic E-state index is 4.59. The molecule has 0 amide bonds. The van der Waals surface area contributed by atoms with Crippen molar-refractivity contribution in [3.63, 3.8) is 0 Å². The van der Waals surface area contributed by atoms with Gasteiger partial charge in [0.1, 0.15) is 0 Å². The van der Waals surface area contributed by atoms with E-state index in [0.717, 1.165) is 37.4 Å². The Morgan fingerprint density at radius 1 is 1.09 bits per heavy atom. The van der Waals surface area contributed by atoms with Gasteiger partial charge in [0.25, 0.3) is 0 Å². The number of hydrogen-bond acceptors (Lipinski definition) is 3. The van der Waals surface area contributed by atoms with Crippen LogP contribution in [0.5, 0.6) is 0 Å². The lowest BCUT2D eigenvalue weighted by atomic mass is 10.1. The fourth-order valence-corrected chi connectivity index (χ4v) is 3.29. The molecule has 0 saturated heterocycles. The molecule has 3 heteroatoms. The molecule has 0 aliphatic carbocycles. The third-order valence-electron chi connectivity index (χ3n) is 4.47. The second kappa shape index (κ2) is 6.01. The quantitative estimate of drug-likeness (QED) is 0.783. The first-order valence-electron chi connectivity index (χ1n) is 8.19. The first kappa shape index (κ1) is 14.2. The number of hydrogen-bond donors (Lipinski definition) is 1. The van der Waals surface area contributed by atoms with E-state index < -0.39 is 0 Å². The Bertz CT molecular complexity index is 841. The van der Waals surface area contributed by atoms with E-state index in [4.69, 9.17) is 0 Å². The molecule has 0 atom stereocenters. The average Bonchev–Trinajstić information content (AvgIpc) is 2.78. The third-order valence-corrected chi connectivity index (χ3v) is 4.47. The summed E-state index contributed by atoms with van der Waals surface area (Å²) in [4.78, 5) is 7.06. The number of nitrogens with one attached hydrogen (secondary N) is 1. The van der Waals surface area contributed by atoms with Gasteiger partial charge in [-0.3, -0.25) is 4.98 Å². The zero-order valence-electron chi connectivity index (χ0n) is 13.4. The number of nitrogens with zero attached hydrogens (tertiary/aromatic N) is 2. The summed E-state index contributed by atoms with van der Waals surface area (Å²) >= 11 is 0. The van der Waals surface area contributed by atoms with E-state index in [2.05, 4.69) is 69.8 Å². The van der Waals surface area contributed by atoms with Crippen molar-refractivity contribution in [2.24, 2.45) is 0 Å². The predicted octanol–water partition coefficient (Wildman–Crippen LogP) is 3.65. The first-order chi connectivity index (χ1) is 11.3. The minimum atomic E-state index is 0.933. The summed E-state index contributed by atoms with van der Waals surface area (Å²) in [5.41, 5.74) is 6.20. The van der Waals surface area contributed by atoms with Crippen LogP contribution in [0.3, 0.4) is 0 Å². The van der Waals surface area contributed by atoms with Crippen molar-refractivity contribution in [2.75, 3.05) is 18.0 Å². The smallest absolute Gasteiger partial charge is 0.0705 e. The van der Waals surface area contributed by atoms with Crippen LogP contribution in [0, 0.1) is 6.92 Å². The van der Waals surface area contributed by atoms with Crippen molar-refractivity contribution < 1.29 is 0 Å². The first-order valence-corrected chi connectivity index (χ1v) is 8.19. The molecule has 2 heterocycles. The number of para-hydroxylation sites is 1. The Morgan fingerprint density at radius 2 is 2.00 bits per heavy atom. The van der Waals surface area contributed by atoms with Crippen molar-refractivity contribution in [1.29, 1.82) is 0 Å². The Labute approximate surface area is 137 Å². The second-order valence-electron chi connectivity index (χ2n) is 6.21. The van der Waals surface area contributed by atoms with Crippen LogP contribution in [0.2, 0.25) is 0 Å². The van der Waals surface area contributed by atoms with Crippen LogP contribution in [0.15, 0.2) is 54.6 Å². The maximum Gasteiger partial charge on any atom is 0.0705 e. The van der Waals surface area contributed by atoms with Crippen LogP contribution >= 0.6 is 0 Å². The van der Waals surface area contributed by atoms with Crippen molar-refractivity contribution >= 4 is 16.6 Å². The molecule has 0 radical (unpaired) electrons. The predicted molar refractivity (Wildman–Crippen MR) is 95.7 cm³/mol. The van der Waals surface area contributed by atoms with Gasteiger partial charge < -0.3 is 10.2 Å². The normalized spacial score (nSPS) is 14.6. The fourth-order valence-electron chi connectivity index (χ4n) is 3.29. The van der Waals surface area contributed by atoms with Crippen LogP contribution in [-0.2, 0) is 13.1 Å². The summed E-state index contributed by atoms with van der Waals surface area (Å²) in [5, 5.41) is 4.72. The highest BCUT2D eigenvalue weighted by molar-refractivity contribution is 5.79. The molecule has 4 rings (SSSR count). The molecule has 1 aromatic heterocycles. The largest absolute Gasteiger partial charge is 0.366 e. The molecule has 0 bridgehead atoms. The summed E-state index contributed by atoms with van der Waals surface area (Å²) < 4.78 is 0. The summed E-state index contributed by atoms with van der Waals surface area (Å²) in [6.45, 7) is 5.97. The van der Waals surface area contributed by atoms with Crippen LogP contribution in [-0.4, -0.2) is 18.1 Å². The Morgan fingerprint density at radius 3 is 2.96 bits per heavy atom. The zero-order valence-corrected chi connectivity index (χ0v) is 13.4. The van der Waals surface area contributed by atoms with Crippen LogP contribution in [0.25, 0.3) is 10.9 Å². The molecular weight excluding hydrogens is 282 g/mol. The molecule has 3 nitrogen and oxygen atoms in total. The fraction of sp³-hybridized carbons (Fsp3) is 0.250. The van der Waals surface area contributed by atoms with E-state index in [-0.39, 0.29) is 0 Å². The van der Waals surface area contributed by atoms with Gasteiger partial charge in [-0.2, -0.15) is 0 Å². The SMILES string of the molecule is Cc1ccc2cc(CN3CCNCc4ccccc43)ccc2n1. The van der Waals surface area contributed by atoms with Crippen LogP contribution < -0.4 is 10.2 Å². The van der Waals surface area contributed by atoms with E-state index in [1.165, 1.54) is 22.2 Å². The van der Waals surface area contributed by atoms with Gasteiger partial charge in [0.2, 0.25) is 0 Å². The van der Waals surface area contributed by atoms with E-state index in [9.17, 15) is 0 Å². The lowest BCUT2D eigenvalue weighted by Crippen LogP contribution is -2.28. The highest BCUT2D eigenvalue weighted by atomic mass is 15.2. The van der Waals surface area contributed by atoms with Crippen molar-refractivity contribution in [3.8, 4) is 0 Å². The topological polar surface area (TPSA) is 28.2 Å². The van der Waals surface area contributed by atoms with Gasteiger partial charge in [-0.25, -0.2) is 0 Å². The monoisotopic (exact) mass is 303 g/mol. The Balaban J connectivity index is 1.66. The highest BCUT2D eigenvalue weighted by Gasteiger charge is 2.14. The van der Waals surface area contributed by atoms with Gasteiger partial charge in [0, 0.05) is 42.9 Å². The number of anilines is 1. The van der Waals surface area contributed by atoms with Gasteiger partial charge in [-0.1, -0.05) is 30.3 Å². The van der Waals surface area contributed by atoms with Crippen molar-refractivity contribution in [1.82, 2.24) is 10.3 Å². The zero-order chi connectivity index (χ0) is 15.6. The average molecular weight is 303 g/mol. The third kappa shape index (κ3) is 2.92. The molecule has 0 saturated carbocycles. The molecule has 1 aliphatic heterocycles. The van der Waals surface area contributed by atoms with Gasteiger partial charge in [0.15, 0.2) is 0 Å². The van der Waals surface area contributed by atoms with Gasteiger partial charge in [-0.05, 0) is 42.3 Å². The van der Waals surface area contributed by atoms with E-state index in [1.807, 2.05) is 6.92 Å². The maximum absolute atomic E-state index is 4.59. The Hall–Kier alpha value is -2.39. The number of pyridine rings is 1. The number of aryl methyl sites for hydroxylation is 1. The molecular formula is C20H21N3. The highest BCUT2D eigenvalue weighted by Crippen LogP contribution is 2.25. The number of aromatic nitrogens is 1. The minimum absolute atomic E-state index is 0.933. The van der Waals surface area contributed by atoms with Crippen LogP contribution in [0.1, 0.15) is 16.8 Å². The summed E-state index contributed by atoms with van der Waals surface area (Å²) in [7, 11) is 0. The van der Waals surface area contributed by atoms with E-state index >= 15 is 0 Å². The number of fused-ring (bicyclic) bond motifs is 2. The molecule has 116 valence electrons. The molecule has 0 spiro atoms. The van der Waals surface area contributed by atoms with Gasteiger partial charge in [-0.15, -0.1) is 0 Å². The molecule has 23 heavy (non-hydrogen) atoms. The lowest BCUT2D eigenvalue weighted by molar-refractivity contribution is 0.688. The van der Waals surface area contributed by atoms with Crippen LogP contribution in [0.4, 0.5) is 5.69 Å². The summed E-state index contributed by atoms with van der Waals surface area (Å²) in [6.07, 6.45) is 0. The molecule has 0 fully saturated rings. The summed E-state index contributed by atoms with van der Waals surface area (Å²) in [5.74, 6) is 0. The van der Waals surface area contributed by atoms with Gasteiger partial charge >= 0.3 is 0 Å². The molecule has 2 aromatic carbocycles. The van der Waals surface area contributed by atoms with E-state index in [0.29, 0.717) is 0 Å².